The van der Waals surface area contributed by atoms with Crippen molar-refractivity contribution in [3.8, 4) is 0 Å². The first kappa shape index (κ1) is 9.10. The quantitative estimate of drug-likeness (QED) is 0.750. The van der Waals surface area contributed by atoms with Crippen molar-refractivity contribution in [3.05, 3.63) is 35.7 Å². The molecule has 15 heavy (non-hydrogen) atoms. The Morgan fingerprint density at radius 2 is 2.33 bits per heavy atom. The lowest BCUT2D eigenvalue weighted by Gasteiger charge is -2.08. The number of allylic oxidation sites excluding steroid dienone is 1. The topological polar surface area (TPSA) is 24.9 Å². The summed E-state index contributed by atoms with van der Waals surface area (Å²) in [6.45, 7) is 4.44. The van der Waals surface area contributed by atoms with Crippen LogP contribution in [0.4, 0.5) is 0 Å². The molecule has 1 aromatic rings. The van der Waals surface area contributed by atoms with Crippen LogP contribution in [0.2, 0.25) is 0 Å². The summed E-state index contributed by atoms with van der Waals surface area (Å²) in [5.74, 6) is 1.60. The van der Waals surface area contributed by atoms with Crippen LogP contribution in [0.5, 0.6) is 0 Å². The number of nitrogens with zero attached hydrogens (tertiary/aromatic N) is 1. The second-order valence-electron chi connectivity index (χ2n) is 4.61. The van der Waals surface area contributed by atoms with Crippen LogP contribution in [0.3, 0.4) is 0 Å². The van der Waals surface area contributed by atoms with Crippen molar-refractivity contribution >= 4 is 5.57 Å². The number of hydrogen-bond acceptors (Lipinski definition) is 2. The van der Waals surface area contributed by atoms with Gasteiger partial charge in [0.15, 0.2) is 0 Å². The van der Waals surface area contributed by atoms with E-state index in [0.29, 0.717) is 0 Å². The zero-order valence-corrected chi connectivity index (χ0v) is 9.03. The molecule has 1 fully saturated rings. The summed E-state index contributed by atoms with van der Waals surface area (Å²) < 4.78 is 0. The molecule has 0 unspecified atom stereocenters. The monoisotopic (exact) mass is 200 g/mol. The van der Waals surface area contributed by atoms with E-state index in [4.69, 9.17) is 0 Å². The number of pyridine rings is 1. The molecule has 2 aliphatic rings. The van der Waals surface area contributed by atoms with Gasteiger partial charge in [-0.05, 0) is 48.9 Å². The first-order valence-electron chi connectivity index (χ1n) is 5.68. The van der Waals surface area contributed by atoms with Gasteiger partial charge in [-0.3, -0.25) is 4.98 Å². The molecular formula is C13H16N2. The van der Waals surface area contributed by atoms with E-state index < -0.39 is 0 Å². The van der Waals surface area contributed by atoms with Crippen molar-refractivity contribution in [2.75, 3.05) is 13.1 Å². The lowest BCUT2D eigenvalue weighted by Crippen LogP contribution is -2.09. The highest BCUT2D eigenvalue weighted by molar-refractivity contribution is 5.69. The third kappa shape index (κ3) is 1.49. The van der Waals surface area contributed by atoms with Crippen LogP contribution < -0.4 is 5.32 Å². The Hall–Kier alpha value is -1.15. The second-order valence-corrected chi connectivity index (χ2v) is 4.61. The highest BCUT2D eigenvalue weighted by Gasteiger charge is 2.32. The molecule has 0 saturated carbocycles. The summed E-state index contributed by atoms with van der Waals surface area (Å²) in [5, 5.41) is 3.45. The van der Waals surface area contributed by atoms with Gasteiger partial charge in [0.2, 0.25) is 0 Å². The van der Waals surface area contributed by atoms with Crippen LogP contribution in [0.25, 0.3) is 5.57 Å². The fourth-order valence-corrected chi connectivity index (χ4v) is 2.80. The molecule has 1 N–H and O–H groups in total. The van der Waals surface area contributed by atoms with Gasteiger partial charge in [0, 0.05) is 18.4 Å². The molecule has 2 heteroatoms. The second kappa shape index (κ2) is 3.46. The van der Waals surface area contributed by atoms with Crippen LogP contribution in [0.1, 0.15) is 17.7 Å². The summed E-state index contributed by atoms with van der Waals surface area (Å²) in [5.41, 5.74) is 4.03. The van der Waals surface area contributed by atoms with Gasteiger partial charge in [-0.1, -0.05) is 12.1 Å². The normalized spacial score (nSPS) is 29.0. The van der Waals surface area contributed by atoms with Crippen LogP contribution in [0, 0.1) is 18.8 Å². The third-order valence-corrected chi connectivity index (χ3v) is 3.64. The van der Waals surface area contributed by atoms with E-state index in [9.17, 15) is 0 Å². The van der Waals surface area contributed by atoms with Crippen LogP contribution in [-0.2, 0) is 0 Å². The van der Waals surface area contributed by atoms with Gasteiger partial charge >= 0.3 is 0 Å². The zero-order chi connectivity index (χ0) is 10.3. The number of aryl methyl sites for hydroxylation is 1. The van der Waals surface area contributed by atoms with E-state index in [1.54, 1.807) is 0 Å². The molecule has 1 saturated heterocycles. The molecule has 2 atom stereocenters. The minimum Gasteiger partial charge on any atom is -0.316 e. The molecule has 0 spiro atoms. The summed E-state index contributed by atoms with van der Waals surface area (Å²) >= 11 is 0. The minimum absolute atomic E-state index is 0.764. The van der Waals surface area contributed by atoms with Gasteiger partial charge < -0.3 is 5.32 Å². The van der Waals surface area contributed by atoms with Gasteiger partial charge in [0.25, 0.3) is 0 Å². The zero-order valence-electron chi connectivity index (χ0n) is 9.03. The smallest absolute Gasteiger partial charge is 0.0447 e. The Kier molecular flexibility index (Phi) is 2.10. The Labute approximate surface area is 90.4 Å². The maximum atomic E-state index is 4.36. The maximum Gasteiger partial charge on any atom is 0.0447 e. The number of rotatable bonds is 1. The largest absolute Gasteiger partial charge is 0.316 e. The predicted molar refractivity (Wildman–Crippen MR) is 61.4 cm³/mol. The van der Waals surface area contributed by atoms with Crippen molar-refractivity contribution in [1.82, 2.24) is 10.3 Å². The molecule has 1 aliphatic heterocycles. The fraction of sp³-hybridized carbons (Fsp3) is 0.462. The molecule has 1 aromatic heterocycles. The average Bonchev–Trinajstić information content (AvgIpc) is 2.77. The van der Waals surface area contributed by atoms with Gasteiger partial charge in [-0.2, -0.15) is 0 Å². The summed E-state index contributed by atoms with van der Waals surface area (Å²) in [4.78, 5) is 4.36. The Morgan fingerprint density at radius 3 is 3.13 bits per heavy atom. The van der Waals surface area contributed by atoms with Gasteiger partial charge in [-0.25, -0.2) is 0 Å². The highest BCUT2D eigenvalue weighted by Crippen LogP contribution is 2.38. The van der Waals surface area contributed by atoms with Crippen molar-refractivity contribution in [1.29, 1.82) is 0 Å². The SMILES string of the molecule is Cc1ncccc1C1=C[C@H]2CNC[C@H]2C1. The van der Waals surface area contributed by atoms with Crippen molar-refractivity contribution in [2.45, 2.75) is 13.3 Å². The van der Waals surface area contributed by atoms with E-state index in [1.165, 1.54) is 24.1 Å². The minimum atomic E-state index is 0.764. The predicted octanol–water partition coefficient (Wildman–Crippen LogP) is 2.01. The van der Waals surface area contributed by atoms with Gasteiger partial charge in [0.05, 0.1) is 0 Å². The first-order chi connectivity index (χ1) is 7.34. The maximum absolute atomic E-state index is 4.36. The molecule has 2 nitrogen and oxygen atoms in total. The van der Waals surface area contributed by atoms with Crippen LogP contribution >= 0.6 is 0 Å². The van der Waals surface area contributed by atoms with Crippen molar-refractivity contribution < 1.29 is 0 Å². The summed E-state index contributed by atoms with van der Waals surface area (Å²) in [7, 11) is 0. The third-order valence-electron chi connectivity index (χ3n) is 3.64. The van der Waals surface area contributed by atoms with Gasteiger partial charge in [-0.15, -0.1) is 0 Å². The number of aromatic nitrogens is 1. The van der Waals surface area contributed by atoms with Crippen LogP contribution in [-0.4, -0.2) is 18.1 Å². The molecule has 78 valence electrons. The van der Waals surface area contributed by atoms with E-state index in [-0.39, 0.29) is 0 Å². The molecular weight excluding hydrogens is 184 g/mol. The Balaban J connectivity index is 1.93. The average molecular weight is 200 g/mol. The number of nitrogens with one attached hydrogen (secondary N) is 1. The molecule has 0 aromatic carbocycles. The Morgan fingerprint density at radius 1 is 1.40 bits per heavy atom. The highest BCUT2D eigenvalue weighted by atomic mass is 14.9. The lowest BCUT2D eigenvalue weighted by molar-refractivity contribution is 0.536. The number of fused-ring (bicyclic) bond motifs is 1. The lowest BCUT2D eigenvalue weighted by atomic mass is 9.98. The van der Waals surface area contributed by atoms with E-state index >= 15 is 0 Å². The van der Waals surface area contributed by atoms with E-state index in [2.05, 4.69) is 29.4 Å². The first-order valence-corrected chi connectivity index (χ1v) is 5.68. The van der Waals surface area contributed by atoms with Gasteiger partial charge in [0.1, 0.15) is 0 Å². The molecule has 0 bridgehead atoms. The molecule has 0 amide bonds. The van der Waals surface area contributed by atoms with Crippen molar-refractivity contribution in [3.63, 3.8) is 0 Å². The summed E-state index contributed by atoms with van der Waals surface area (Å²) in [6, 6.07) is 4.23. The number of hydrogen-bond donors (Lipinski definition) is 1. The molecule has 1 aliphatic carbocycles. The molecule has 0 radical (unpaired) electrons. The van der Waals surface area contributed by atoms with E-state index in [1.807, 2.05) is 12.3 Å². The fourth-order valence-electron chi connectivity index (χ4n) is 2.80. The van der Waals surface area contributed by atoms with Crippen molar-refractivity contribution in [2.24, 2.45) is 11.8 Å². The Bertz CT molecular complexity index is 409. The summed E-state index contributed by atoms with van der Waals surface area (Å²) in [6.07, 6.45) is 5.55. The van der Waals surface area contributed by atoms with Crippen LogP contribution in [0.15, 0.2) is 24.4 Å². The van der Waals surface area contributed by atoms with E-state index in [0.717, 1.165) is 24.1 Å². The molecule has 3 rings (SSSR count). The standard InChI is InChI=1S/C13H16N2/c1-9-13(3-2-4-15-9)10-5-11-7-14-8-12(11)6-10/h2-5,11-12,14H,6-8H2,1H3/t11-,12+/m0/s1. The molecule has 2 heterocycles.